The first-order chi connectivity index (χ1) is 7.47. The summed E-state index contributed by atoms with van der Waals surface area (Å²) < 4.78 is 19.1. The van der Waals surface area contributed by atoms with Crippen molar-refractivity contribution in [3.63, 3.8) is 0 Å². The van der Waals surface area contributed by atoms with Crippen LogP contribution in [0.15, 0.2) is 36.6 Å². The van der Waals surface area contributed by atoms with Crippen LogP contribution in [-0.2, 0) is 13.8 Å². The van der Waals surface area contributed by atoms with E-state index in [1.54, 1.807) is 6.08 Å². The molecule has 0 aliphatic carbocycles. The predicted octanol–water partition coefficient (Wildman–Crippen LogP) is -5.13. The van der Waals surface area contributed by atoms with Crippen LogP contribution in [0, 0.1) is 0 Å². The normalized spacial score (nSPS) is 12.4. The number of rotatable bonds is 5. The summed E-state index contributed by atoms with van der Waals surface area (Å²) in [6.45, 7) is 1.32. The van der Waals surface area contributed by atoms with E-state index < -0.39 is 14.1 Å². The van der Waals surface area contributed by atoms with Crippen molar-refractivity contribution in [1.82, 2.24) is 0 Å². The minimum atomic E-state index is -4.99. The fraction of sp³-hybridized carbons (Fsp3) is 0.200. The van der Waals surface area contributed by atoms with E-state index in [-0.39, 0.29) is 59.1 Å². The molecule has 1 unspecified atom stereocenters. The summed E-state index contributed by atoms with van der Waals surface area (Å²) >= 11 is 0. The van der Waals surface area contributed by atoms with Crippen molar-refractivity contribution in [2.75, 3.05) is 0 Å². The standard InChI is InChI=1S/C10H13O5P.2Na/c1-9(15-16(11,12)13)14-8-7-10-5-3-2-4-6-10;;/h2-9H,1H3,(H2,11,12,13);;/q;2*+1/p-2. The zero-order valence-electron chi connectivity index (χ0n) is 10.6. The minimum Gasteiger partial charge on any atom is -0.790 e. The average molecular weight is 288 g/mol. The van der Waals surface area contributed by atoms with Crippen LogP contribution in [0.3, 0.4) is 0 Å². The van der Waals surface area contributed by atoms with Gasteiger partial charge in [0.1, 0.15) is 0 Å². The van der Waals surface area contributed by atoms with Crippen LogP contribution in [0.25, 0.3) is 6.08 Å². The predicted molar refractivity (Wildman–Crippen MR) is 54.7 cm³/mol. The second-order valence-corrected chi connectivity index (χ2v) is 4.08. The molecule has 1 atom stereocenters. The van der Waals surface area contributed by atoms with Gasteiger partial charge in [-0.15, -0.1) is 0 Å². The molecule has 0 aliphatic rings. The third-order valence-electron chi connectivity index (χ3n) is 1.61. The maximum atomic E-state index is 10.2. The molecule has 88 valence electrons. The first-order valence-corrected chi connectivity index (χ1v) is 6.01. The largest absolute Gasteiger partial charge is 1.00 e. The molecule has 18 heavy (non-hydrogen) atoms. The summed E-state index contributed by atoms with van der Waals surface area (Å²) in [5.74, 6) is 0. The molecule has 0 fully saturated rings. The fourth-order valence-corrected chi connectivity index (χ4v) is 1.41. The molecule has 5 nitrogen and oxygen atoms in total. The van der Waals surface area contributed by atoms with Gasteiger partial charge in [-0.3, -0.25) is 0 Å². The van der Waals surface area contributed by atoms with Gasteiger partial charge in [0.15, 0.2) is 6.29 Å². The summed E-state index contributed by atoms with van der Waals surface area (Å²) in [5, 5.41) is 0. The summed E-state index contributed by atoms with van der Waals surface area (Å²) in [6.07, 6.45) is 1.77. The van der Waals surface area contributed by atoms with Crippen molar-refractivity contribution in [2.45, 2.75) is 13.2 Å². The molecular weight excluding hydrogens is 277 g/mol. The number of phosphoric acid groups is 1. The molecule has 0 aromatic heterocycles. The van der Waals surface area contributed by atoms with E-state index in [0.717, 1.165) is 5.56 Å². The summed E-state index contributed by atoms with van der Waals surface area (Å²) in [4.78, 5) is 20.4. The fourth-order valence-electron chi connectivity index (χ4n) is 0.999. The maximum absolute atomic E-state index is 10.2. The number of benzene rings is 1. The zero-order valence-corrected chi connectivity index (χ0v) is 15.5. The molecule has 0 bridgehead atoms. The third kappa shape index (κ3) is 10.8. The van der Waals surface area contributed by atoms with Crippen molar-refractivity contribution >= 4 is 13.9 Å². The molecule has 0 heterocycles. The average Bonchev–Trinajstić information content (AvgIpc) is 2.16. The van der Waals surface area contributed by atoms with Crippen molar-refractivity contribution in [3.8, 4) is 0 Å². The van der Waals surface area contributed by atoms with Crippen LogP contribution < -0.4 is 68.9 Å². The molecule has 0 aliphatic heterocycles. The smallest absolute Gasteiger partial charge is 0.790 e. The third-order valence-corrected chi connectivity index (χ3v) is 2.16. The van der Waals surface area contributed by atoms with E-state index >= 15 is 0 Å². The van der Waals surface area contributed by atoms with Crippen molar-refractivity contribution < 1.29 is 82.7 Å². The Kier molecular flexibility index (Phi) is 12.5. The Hall–Kier alpha value is 0.870. The van der Waals surface area contributed by atoms with Gasteiger partial charge < -0.3 is 23.6 Å². The van der Waals surface area contributed by atoms with Crippen LogP contribution >= 0.6 is 7.82 Å². The molecule has 1 aromatic carbocycles. The van der Waals surface area contributed by atoms with Gasteiger partial charge >= 0.3 is 59.1 Å². The van der Waals surface area contributed by atoms with E-state index in [4.69, 9.17) is 4.74 Å². The molecule has 0 radical (unpaired) electrons. The van der Waals surface area contributed by atoms with Crippen LogP contribution in [-0.4, -0.2) is 6.29 Å². The van der Waals surface area contributed by atoms with Crippen LogP contribution in [0.4, 0.5) is 0 Å². The van der Waals surface area contributed by atoms with Gasteiger partial charge in [-0.2, -0.15) is 0 Å². The summed E-state index contributed by atoms with van der Waals surface area (Å²) in [7, 11) is -4.99. The van der Waals surface area contributed by atoms with Gasteiger partial charge in [0.25, 0.3) is 0 Å². The first-order valence-electron chi connectivity index (χ1n) is 4.55. The Morgan fingerprint density at radius 2 is 1.78 bits per heavy atom. The Balaban J connectivity index is 0. The Morgan fingerprint density at radius 3 is 2.28 bits per heavy atom. The zero-order chi connectivity index (χ0) is 12.0. The molecule has 8 heteroatoms. The Labute approximate surface area is 150 Å². The van der Waals surface area contributed by atoms with E-state index in [1.165, 1.54) is 13.2 Å². The molecule has 0 saturated heterocycles. The van der Waals surface area contributed by atoms with Crippen molar-refractivity contribution in [2.24, 2.45) is 0 Å². The second kappa shape index (κ2) is 10.6. The summed E-state index contributed by atoms with van der Waals surface area (Å²) in [6, 6.07) is 9.26. The number of hydrogen-bond donors (Lipinski definition) is 0. The molecule has 0 saturated carbocycles. The maximum Gasteiger partial charge on any atom is 1.00 e. The monoisotopic (exact) mass is 288 g/mol. The van der Waals surface area contributed by atoms with Gasteiger partial charge in [-0.05, 0) is 18.6 Å². The van der Waals surface area contributed by atoms with Gasteiger partial charge in [0, 0.05) is 0 Å². The summed E-state index contributed by atoms with van der Waals surface area (Å²) in [5.41, 5.74) is 0.891. The van der Waals surface area contributed by atoms with Gasteiger partial charge in [0.2, 0.25) is 0 Å². The number of hydrogen-bond acceptors (Lipinski definition) is 5. The Morgan fingerprint density at radius 1 is 1.22 bits per heavy atom. The molecule has 1 aromatic rings. The quantitative estimate of drug-likeness (QED) is 0.234. The van der Waals surface area contributed by atoms with Gasteiger partial charge in [-0.25, -0.2) is 0 Å². The number of ether oxygens (including phenoxy) is 1. The van der Waals surface area contributed by atoms with E-state index in [2.05, 4.69) is 4.52 Å². The van der Waals surface area contributed by atoms with E-state index in [0.29, 0.717) is 0 Å². The number of phosphoric ester groups is 1. The molecular formula is C10H11Na2O5P. The molecule has 0 amide bonds. The van der Waals surface area contributed by atoms with Crippen LogP contribution in [0.2, 0.25) is 0 Å². The Bertz CT molecular complexity index is 393. The molecule has 0 spiro atoms. The topological polar surface area (TPSA) is 81.7 Å². The van der Waals surface area contributed by atoms with Crippen molar-refractivity contribution in [3.05, 3.63) is 42.2 Å². The van der Waals surface area contributed by atoms with Crippen molar-refractivity contribution in [1.29, 1.82) is 0 Å². The minimum absolute atomic E-state index is 0. The van der Waals surface area contributed by atoms with E-state index in [9.17, 15) is 14.4 Å². The van der Waals surface area contributed by atoms with Crippen LogP contribution in [0.1, 0.15) is 12.5 Å². The first kappa shape index (κ1) is 21.2. The second-order valence-electron chi connectivity index (χ2n) is 2.97. The van der Waals surface area contributed by atoms with Crippen LogP contribution in [0.5, 0.6) is 0 Å². The molecule has 0 N–H and O–H groups in total. The van der Waals surface area contributed by atoms with Gasteiger partial charge in [0.05, 0.1) is 14.1 Å². The van der Waals surface area contributed by atoms with E-state index in [1.807, 2.05) is 30.3 Å². The molecule has 1 rings (SSSR count). The van der Waals surface area contributed by atoms with Gasteiger partial charge in [-0.1, -0.05) is 30.3 Å². The SMILES string of the molecule is CC(OC=Cc1ccccc1)OP(=O)([O-])[O-].[Na+].[Na+].